The number of para-hydroxylation sites is 2. The molecule has 0 saturated heterocycles. The van der Waals surface area contributed by atoms with E-state index >= 15 is 0 Å². The topological polar surface area (TPSA) is 55.9 Å². The highest BCUT2D eigenvalue weighted by Gasteiger charge is 2.05. The summed E-state index contributed by atoms with van der Waals surface area (Å²) in [6.45, 7) is 0. The van der Waals surface area contributed by atoms with Gasteiger partial charge in [-0.3, -0.25) is 4.57 Å². The number of phenolic OH excluding ortho intramolecular Hbond substituents is 1. The van der Waals surface area contributed by atoms with Crippen molar-refractivity contribution in [2.45, 2.75) is 0 Å². The van der Waals surface area contributed by atoms with E-state index in [1.54, 1.807) is 40.1 Å². The monoisotopic (exact) mass is 226 g/mol. The van der Waals surface area contributed by atoms with E-state index in [1.807, 2.05) is 24.5 Å². The van der Waals surface area contributed by atoms with Crippen molar-refractivity contribution >= 4 is 0 Å². The molecule has 0 saturated carbocycles. The Bertz CT molecular complexity index is 628. The molecule has 2 aromatic heterocycles. The fourth-order valence-electron chi connectivity index (χ4n) is 1.65. The average molecular weight is 226 g/mol. The molecule has 1 aromatic carbocycles. The standard InChI is InChI=1S/C12H10N4O/c17-11-4-2-1-3-10(11)16-7-12(14-9-16)15-6-5-13-8-15/h1-9,17H. The predicted molar refractivity (Wildman–Crippen MR) is 62.4 cm³/mol. The molecule has 5 nitrogen and oxygen atoms in total. The maximum absolute atomic E-state index is 9.74. The van der Waals surface area contributed by atoms with Gasteiger partial charge < -0.3 is 9.67 Å². The highest BCUT2D eigenvalue weighted by Crippen LogP contribution is 2.21. The zero-order valence-electron chi connectivity index (χ0n) is 8.93. The number of hydrogen-bond acceptors (Lipinski definition) is 3. The highest BCUT2D eigenvalue weighted by molar-refractivity contribution is 5.46. The van der Waals surface area contributed by atoms with Gasteiger partial charge in [0.1, 0.15) is 18.4 Å². The number of phenols is 1. The van der Waals surface area contributed by atoms with Gasteiger partial charge in [0, 0.05) is 12.4 Å². The lowest BCUT2D eigenvalue weighted by molar-refractivity contribution is 0.472. The molecule has 0 bridgehead atoms. The number of nitrogens with zero attached hydrogens (tertiary/aromatic N) is 4. The summed E-state index contributed by atoms with van der Waals surface area (Å²) in [4.78, 5) is 8.21. The van der Waals surface area contributed by atoms with Crippen molar-refractivity contribution in [2.75, 3.05) is 0 Å². The van der Waals surface area contributed by atoms with Crippen LogP contribution >= 0.6 is 0 Å². The first-order valence-electron chi connectivity index (χ1n) is 5.15. The minimum absolute atomic E-state index is 0.224. The fourth-order valence-corrected chi connectivity index (χ4v) is 1.65. The van der Waals surface area contributed by atoms with Crippen LogP contribution in [0.2, 0.25) is 0 Å². The lowest BCUT2D eigenvalue weighted by Gasteiger charge is -2.03. The maximum atomic E-state index is 9.74. The molecule has 84 valence electrons. The van der Waals surface area contributed by atoms with E-state index in [1.165, 1.54) is 0 Å². The van der Waals surface area contributed by atoms with E-state index in [-0.39, 0.29) is 5.75 Å². The Labute approximate surface area is 97.6 Å². The second kappa shape index (κ2) is 3.79. The van der Waals surface area contributed by atoms with Crippen LogP contribution in [0.1, 0.15) is 0 Å². The van der Waals surface area contributed by atoms with Crippen molar-refractivity contribution in [3.8, 4) is 17.3 Å². The third kappa shape index (κ3) is 1.67. The van der Waals surface area contributed by atoms with Gasteiger partial charge in [0.15, 0.2) is 5.82 Å². The van der Waals surface area contributed by atoms with Gasteiger partial charge in [-0.05, 0) is 12.1 Å². The van der Waals surface area contributed by atoms with Crippen molar-refractivity contribution in [1.82, 2.24) is 19.1 Å². The summed E-state index contributed by atoms with van der Waals surface area (Å²) in [5.74, 6) is 0.979. The number of hydrogen-bond donors (Lipinski definition) is 1. The Morgan fingerprint density at radius 2 is 1.94 bits per heavy atom. The van der Waals surface area contributed by atoms with Crippen molar-refractivity contribution in [1.29, 1.82) is 0 Å². The first kappa shape index (κ1) is 9.65. The number of aromatic hydroxyl groups is 1. The van der Waals surface area contributed by atoms with Gasteiger partial charge in [0.05, 0.1) is 11.9 Å². The Balaban J connectivity index is 2.04. The SMILES string of the molecule is Oc1ccccc1-n1cnc(-n2ccnc2)c1. The molecule has 0 atom stereocenters. The van der Waals surface area contributed by atoms with Gasteiger partial charge in [-0.2, -0.15) is 0 Å². The Hall–Kier alpha value is -2.56. The molecule has 3 rings (SSSR count). The quantitative estimate of drug-likeness (QED) is 0.724. The van der Waals surface area contributed by atoms with Crippen molar-refractivity contribution < 1.29 is 5.11 Å². The van der Waals surface area contributed by atoms with Crippen LogP contribution in [-0.4, -0.2) is 24.2 Å². The zero-order chi connectivity index (χ0) is 11.7. The molecular formula is C12H10N4O. The van der Waals surface area contributed by atoms with Crippen LogP contribution in [0.25, 0.3) is 11.5 Å². The summed E-state index contributed by atoms with van der Waals surface area (Å²) < 4.78 is 3.57. The minimum Gasteiger partial charge on any atom is -0.506 e. The van der Waals surface area contributed by atoms with E-state index < -0.39 is 0 Å². The molecule has 1 N–H and O–H groups in total. The number of rotatable bonds is 2. The molecule has 2 heterocycles. The van der Waals surface area contributed by atoms with Crippen LogP contribution in [0, 0.1) is 0 Å². The molecule has 0 aliphatic carbocycles. The Morgan fingerprint density at radius 3 is 2.71 bits per heavy atom. The van der Waals surface area contributed by atoms with Gasteiger partial charge in [-0.15, -0.1) is 0 Å². The normalized spacial score (nSPS) is 10.6. The van der Waals surface area contributed by atoms with Gasteiger partial charge in [0.2, 0.25) is 0 Å². The van der Waals surface area contributed by atoms with E-state index in [2.05, 4.69) is 9.97 Å². The average Bonchev–Trinajstić information content (AvgIpc) is 3.00. The molecule has 0 amide bonds. The number of benzene rings is 1. The van der Waals surface area contributed by atoms with Gasteiger partial charge >= 0.3 is 0 Å². The molecule has 5 heteroatoms. The van der Waals surface area contributed by atoms with Crippen molar-refractivity contribution in [2.24, 2.45) is 0 Å². The molecule has 0 unspecified atom stereocenters. The summed E-state index contributed by atoms with van der Waals surface area (Å²) in [6, 6.07) is 7.12. The smallest absolute Gasteiger partial charge is 0.156 e. The third-order valence-electron chi connectivity index (χ3n) is 2.50. The first-order valence-corrected chi connectivity index (χ1v) is 5.15. The molecule has 0 radical (unpaired) electrons. The number of imidazole rings is 2. The van der Waals surface area contributed by atoms with Gasteiger partial charge in [0.25, 0.3) is 0 Å². The largest absolute Gasteiger partial charge is 0.506 e. The van der Waals surface area contributed by atoms with E-state index in [4.69, 9.17) is 0 Å². The fraction of sp³-hybridized carbons (Fsp3) is 0. The molecule has 0 spiro atoms. The lowest BCUT2D eigenvalue weighted by atomic mass is 10.3. The van der Waals surface area contributed by atoms with E-state index in [0.29, 0.717) is 5.69 Å². The van der Waals surface area contributed by atoms with Gasteiger partial charge in [-0.1, -0.05) is 12.1 Å². The van der Waals surface area contributed by atoms with E-state index in [0.717, 1.165) is 5.82 Å². The van der Waals surface area contributed by atoms with Crippen LogP contribution in [-0.2, 0) is 0 Å². The summed E-state index contributed by atoms with van der Waals surface area (Å²) in [5, 5.41) is 9.74. The Kier molecular flexibility index (Phi) is 2.15. The molecule has 0 fully saturated rings. The molecule has 0 aliphatic heterocycles. The highest BCUT2D eigenvalue weighted by atomic mass is 16.3. The molecule has 17 heavy (non-hydrogen) atoms. The van der Waals surface area contributed by atoms with Crippen LogP contribution in [0.3, 0.4) is 0 Å². The van der Waals surface area contributed by atoms with Crippen molar-refractivity contribution in [3.05, 3.63) is 55.5 Å². The predicted octanol–water partition coefficient (Wildman–Crippen LogP) is 1.76. The molecular weight excluding hydrogens is 216 g/mol. The van der Waals surface area contributed by atoms with E-state index in [9.17, 15) is 5.11 Å². The van der Waals surface area contributed by atoms with Gasteiger partial charge in [-0.25, -0.2) is 9.97 Å². The first-order chi connectivity index (χ1) is 8.34. The van der Waals surface area contributed by atoms with Crippen LogP contribution in [0.15, 0.2) is 55.5 Å². The second-order valence-corrected chi connectivity index (χ2v) is 3.60. The summed E-state index contributed by atoms with van der Waals surface area (Å²) in [6.07, 6.45) is 8.68. The molecule has 0 aliphatic rings. The maximum Gasteiger partial charge on any atom is 0.156 e. The summed E-state index contributed by atoms with van der Waals surface area (Å²) in [5.41, 5.74) is 0.700. The lowest BCUT2D eigenvalue weighted by Crippen LogP contribution is -1.91. The second-order valence-electron chi connectivity index (χ2n) is 3.60. The summed E-state index contributed by atoms with van der Waals surface area (Å²) >= 11 is 0. The van der Waals surface area contributed by atoms with Crippen LogP contribution in [0.5, 0.6) is 5.75 Å². The zero-order valence-corrected chi connectivity index (χ0v) is 8.93. The minimum atomic E-state index is 0.224. The van der Waals surface area contributed by atoms with Crippen molar-refractivity contribution in [3.63, 3.8) is 0 Å². The van der Waals surface area contributed by atoms with Crippen LogP contribution < -0.4 is 0 Å². The van der Waals surface area contributed by atoms with Crippen LogP contribution in [0.4, 0.5) is 0 Å². The third-order valence-corrected chi connectivity index (χ3v) is 2.50. The number of aromatic nitrogens is 4. The molecule has 3 aromatic rings. The Morgan fingerprint density at radius 1 is 1.06 bits per heavy atom. The summed E-state index contributed by atoms with van der Waals surface area (Å²) in [7, 11) is 0.